The van der Waals surface area contributed by atoms with Gasteiger partial charge in [0.15, 0.2) is 5.96 Å². The van der Waals surface area contributed by atoms with Crippen molar-refractivity contribution in [2.75, 3.05) is 26.2 Å². The highest BCUT2D eigenvalue weighted by Gasteiger charge is 2.35. The molecule has 2 rings (SSSR count). The van der Waals surface area contributed by atoms with Crippen LogP contribution in [0.4, 0.5) is 0 Å². The number of hydrogen-bond donors (Lipinski definition) is 1. The fourth-order valence-corrected chi connectivity index (χ4v) is 3.29. The molecule has 1 saturated carbocycles. The smallest absolute Gasteiger partial charge is 0.194 e. The average Bonchev–Trinajstić information content (AvgIpc) is 2.77. The minimum Gasteiger partial charge on any atom is -0.357 e. The lowest BCUT2D eigenvalue weighted by Gasteiger charge is -2.22. The van der Waals surface area contributed by atoms with Crippen LogP contribution in [0.1, 0.15) is 32.6 Å². The van der Waals surface area contributed by atoms with Crippen LogP contribution < -0.4 is 5.32 Å². The standard InChI is InChI=1S/C14H24BrN3/c1-3-16-14(17-8-11(2)15)18-9-12-6-4-5-7-13(12)10-18/h12-13H,2-10H2,1H3,(H,16,17). The molecule has 0 bridgehead atoms. The first kappa shape index (κ1) is 13.9. The molecule has 1 aliphatic heterocycles. The number of fused-ring (bicyclic) bond motifs is 1. The van der Waals surface area contributed by atoms with E-state index in [1.165, 1.54) is 38.8 Å². The number of aliphatic imine (C=N–C) groups is 1. The zero-order valence-corrected chi connectivity index (χ0v) is 12.9. The Morgan fingerprint density at radius 3 is 2.44 bits per heavy atom. The van der Waals surface area contributed by atoms with E-state index in [4.69, 9.17) is 0 Å². The van der Waals surface area contributed by atoms with Crippen LogP contribution in [0.3, 0.4) is 0 Å². The lowest BCUT2D eigenvalue weighted by Crippen LogP contribution is -2.40. The van der Waals surface area contributed by atoms with Gasteiger partial charge in [0.05, 0.1) is 6.54 Å². The number of guanidine groups is 1. The zero-order valence-electron chi connectivity index (χ0n) is 11.3. The molecule has 2 atom stereocenters. The second-order valence-electron chi connectivity index (χ2n) is 5.40. The highest BCUT2D eigenvalue weighted by atomic mass is 79.9. The zero-order chi connectivity index (χ0) is 13.0. The first-order valence-electron chi connectivity index (χ1n) is 7.07. The lowest BCUT2D eigenvalue weighted by molar-refractivity contribution is 0.299. The molecular weight excluding hydrogens is 290 g/mol. The van der Waals surface area contributed by atoms with E-state index in [0.717, 1.165) is 28.8 Å². The second-order valence-corrected chi connectivity index (χ2v) is 6.52. The third-order valence-electron chi connectivity index (χ3n) is 4.01. The molecule has 3 nitrogen and oxygen atoms in total. The van der Waals surface area contributed by atoms with Crippen LogP contribution in [-0.4, -0.2) is 37.0 Å². The molecule has 2 aliphatic rings. The van der Waals surface area contributed by atoms with Crippen LogP contribution in [0, 0.1) is 11.8 Å². The molecule has 2 fully saturated rings. The Labute approximate surface area is 119 Å². The van der Waals surface area contributed by atoms with Gasteiger partial charge in [0.25, 0.3) is 0 Å². The normalized spacial score (nSPS) is 28.1. The minimum absolute atomic E-state index is 0.661. The van der Waals surface area contributed by atoms with E-state index in [-0.39, 0.29) is 0 Å². The molecule has 102 valence electrons. The molecule has 1 heterocycles. The summed E-state index contributed by atoms with van der Waals surface area (Å²) in [4.78, 5) is 7.08. The molecule has 18 heavy (non-hydrogen) atoms. The summed E-state index contributed by atoms with van der Waals surface area (Å²) in [6.07, 6.45) is 5.65. The SMILES string of the molecule is C=C(Br)CN=C(NCC)N1CC2CCCCC2C1. The van der Waals surface area contributed by atoms with E-state index in [2.05, 4.69) is 44.6 Å². The molecule has 0 amide bonds. The van der Waals surface area contributed by atoms with Gasteiger partial charge in [0, 0.05) is 24.1 Å². The van der Waals surface area contributed by atoms with Crippen LogP contribution in [0.2, 0.25) is 0 Å². The Morgan fingerprint density at radius 1 is 1.33 bits per heavy atom. The predicted octanol–water partition coefficient (Wildman–Crippen LogP) is 2.98. The van der Waals surface area contributed by atoms with E-state index in [9.17, 15) is 0 Å². The van der Waals surface area contributed by atoms with Crippen molar-refractivity contribution in [3.8, 4) is 0 Å². The third-order valence-corrected chi connectivity index (χ3v) is 4.26. The van der Waals surface area contributed by atoms with E-state index in [1.807, 2.05) is 0 Å². The van der Waals surface area contributed by atoms with Gasteiger partial charge in [-0.2, -0.15) is 0 Å². The van der Waals surface area contributed by atoms with E-state index in [1.54, 1.807) is 0 Å². The van der Waals surface area contributed by atoms with Gasteiger partial charge in [-0.3, -0.25) is 0 Å². The van der Waals surface area contributed by atoms with Gasteiger partial charge in [-0.15, -0.1) is 0 Å². The summed E-state index contributed by atoms with van der Waals surface area (Å²) in [6.45, 7) is 9.94. The van der Waals surface area contributed by atoms with Gasteiger partial charge in [-0.05, 0) is 31.6 Å². The molecular formula is C14H24BrN3. The lowest BCUT2D eigenvalue weighted by atomic mass is 9.82. The number of rotatable bonds is 3. The van der Waals surface area contributed by atoms with Gasteiger partial charge < -0.3 is 10.2 Å². The van der Waals surface area contributed by atoms with Gasteiger partial charge >= 0.3 is 0 Å². The van der Waals surface area contributed by atoms with Gasteiger partial charge in [0.1, 0.15) is 0 Å². The Morgan fingerprint density at radius 2 is 1.94 bits per heavy atom. The first-order valence-corrected chi connectivity index (χ1v) is 7.86. The van der Waals surface area contributed by atoms with Crippen LogP contribution in [0.15, 0.2) is 16.1 Å². The molecule has 0 aromatic heterocycles. The molecule has 1 saturated heterocycles. The molecule has 0 aromatic rings. The Kier molecular flexibility index (Phi) is 5.10. The van der Waals surface area contributed by atoms with Gasteiger partial charge in [-0.1, -0.05) is 35.4 Å². The minimum atomic E-state index is 0.661. The van der Waals surface area contributed by atoms with Crippen LogP contribution in [0.5, 0.6) is 0 Å². The summed E-state index contributed by atoms with van der Waals surface area (Å²) in [7, 11) is 0. The van der Waals surface area contributed by atoms with Crippen molar-refractivity contribution in [2.45, 2.75) is 32.6 Å². The summed E-state index contributed by atoms with van der Waals surface area (Å²) in [5.74, 6) is 2.86. The fourth-order valence-electron chi connectivity index (χ4n) is 3.17. The third kappa shape index (κ3) is 3.50. The number of nitrogens with one attached hydrogen (secondary N) is 1. The molecule has 1 N–H and O–H groups in total. The number of nitrogens with zero attached hydrogens (tertiary/aromatic N) is 2. The first-order chi connectivity index (χ1) is 8.70. The van der Waals surface area contributed by atoms with Crippen molar-refractivity contribution in [3.63, 3.8) is 0 Å². The van der Waals surface area contributed by atoms with Crippen LogP contribution in [0.25, 0.3) is 0 Å². The summed E-state index contributed by atoms with van der Waals surface area (Å²) in [5.41, 5.74) is 0. The maximum atomic E-state index is 4.64. The summed E-state index contributed by atoms with van der Waals surface area (Å²) < 4.78 is 0.939. The van der Waals surface area contributed by atoms with E-state index in [0.29, 0.717) is 6.54 Å². The highest BCUT2D eigenvalue weighted by Crippen LogP contribution is 2.35. The molecule has 0 spiro atoms. The molecule has 2 unspecified atom stereocenters. The van der Waals surface area contributed by atoms with Crippen molar-refractivity contribution >= 4 is 21.9 Å². The molecule has 4 heteroatoms. The topological polar surface area (TPSA) is 27.6 Å². The summed E-state index contributed by atoms with van der Waals surface area (Å²) in [6, 6.07) is 0. The number of hydrogen-bond acceptors (Lipinski definition) is 1. The summed E-state index contributed by atoms with van der Waals surface area (Å²) >= 11 is 3.38. The Balaban J connectivity index is 1.98. The fraction of sp³-hybridized carbons (Fsp3) is 0.786. The number of halogens is 1. The maximum Gasteiger partial charge on any atom is 0.194 e. The van der Waals surface area contributed by atoms with E-state index >= 15 is 0 Å². The monoisotopic (exact) mass is 313 g/mol. The van der Waals surface area contributed by atoms with E-state index < -0.39 is 0 Å². The quantitative estimate of drug-likeness (QED) is 0.641. The molecule has 0 aromatic carbocycles. The van der Waals surface area contributed by atoms with Crippen LogP contribution in [-0.2, 0) is 0 Å². The predicted molar refractivity (Wildman–Crippen MR) is 81.1 cm³/mol. The Hall–Kier alpha value is -0.510. The highest BCUT2D eigenvalue weighted by molar-refractivity contribution is 9.11. The average molecular weight is 314 g/mol. The largest absolute Gasteiger partial charge is 0.357 e. The van der Waals surface area contributed by atoms with Crippen molar-refractivity contribution in [1.82, 2.24) is 10.2 Å². The Bertz CT molecular complexity index is 313. The van der Waals surface area contributed by atoms with Crippen LogP contribution >= 0.6 is 15.9 Å². The van der Waals surface area contributed by atoms with Crippen molar-refractivity contribution in [2.24, 2.45) is 16.8 Å². The summed E-state index contributed by atoms with van der Waals surface area (Å²) in [5, 5.41) is 3.40. The van der Waals surface area contributed by atoms with Gasteiger partial charge in [-0.25, -0.2) is 4.99 Å². The van der Waals surface area contributed by atoms with Gasteiger partial charge in [0.2, 0.25) is 0 Å². The molecule has 0 radical (unpaired) electrons. The van der Waals surface area contributed by atoms with Crippen molar-refractivity contribution in [3.05, 3.63) is 11.1 Å². The second kappa shape index (κ2) is 6.60. The van der Waals surface area contributed by atoms with Crippen molar-refractivity contribution in [1.29, 1.82) is 0 Å². The molecule has 1 aliphatic carbocycles. The maximum absolute atomic E-state index is 4.64. The van der Waals surface area contributed by atoms with Crippen molar-refractivity contribution < 1.29 is 0 Å². The number of likely N-dealkylation sites (tertiary alicyclic amines) is 1.